The predicted molar refractivity (Wildman–Crippen MR) is 74.1 cm³/mol. The summed E-state index contributed by atoms with van der Waals surface area (Å²) in [5.74, 6) is 0. The lowest BCUT2D eigenvalue weighted by Crippen LogP contribution is -2.18. The molecule has 0 fully saturated rings. The lowest BCUT2D eigenvalue weighted by molar-refractivity contribution is 0.919. The Balaban J connectivity index is 2.23. The van der Waals surface area contributed by atoms with Crippen LogP contribution in [0.5, 0.6) is 0 Å². The topological polar surface area (TPSA) is 29.3 Å². The lowest BCUT2D eigenvalue weighted by Gasteiger charge is -2.23. The van der Waals surface area contributed by atoms with Crippen molar-refractivity contribution in [2.45, 2.75) is 13.5 Å². The maximum atomic E-state index is 6.03. The summed E-state index contributed by atoms with van der Waals surface area (Å²) in [5, 5.41) is 0. The smallest absolute Gasteiger partial charge is 0.0630 e. The predicted octanol–water partition coefficient (Wildman–Crippen LogP) is 3.21. The van der Waals surface area contributed by atoms with Crippen LogP contribution in [0.2, 0.25) is 0 Å². The second-order valence-electron chi connectivity index (χ2n) is 4.35. The van der Waals surface area contributed by atoms with E-state index in [0.717, 1.165) is 17.9 Å². The first-order chi connectivity index (χ1) is 8.18. The highest BCUT2D eigenvalue weighted by Gasteiger charge is 2.08. The van der Waals surface area contributed by atoms with E-state index in [1.54, 1.807) is 0 Å². The van der Waals surface area contributed by atoms with Gasteiger partial charge in [0.05, 0.1) is 11.4 Å². The molecule has 0 atom stereocenters. The summed E-state index contributed by atoms with van der Waals surface area (Å²) in [6.07, 6.45) is 0. The summed E-state index contributed by atoms with van der Waals surface area (Å²) >= 11 is 0. The molecule has 0 amide bonds. The molecule has 0 unspecified atom stereocenters. The van der Waals surface area contributed by atoms with E-state index in [1.807, 2.05) is 18.2 Å². The van der Waals surface area contributed by atoms with Crippen LogP contribution in [0, 0.1) is 6.92 Å². The van der Waals surface area contributed by atoms with Gasteiger partial charge < -0.3 is 10.6 Å². The monoisotopic (exact) mass is 226 g/mol. The van der Waals surface area contributed by atoms with Crippen LogP contribution < -0.4 is 10.6 Å². The van der Waals surface area contributed by atoms with Crippen LogP contribution in [0.15, 0.2) is 48.5 Å². The average molecular weight is 226 g/mol. The van der Waals surface area contributed by atoms with Gasteiger partial charge in [-0.1, -0.05) is 42.5 Å². The Labute approximate surface area is 103 Å². The fourth-order valence-electron chi connectivity index (χ4n) is 2.14. The number of nitrogens with zero attached hydrogens (tertiary/aromatic N) is 1. The second kappa shape index (κ2) is 4.91. The summed E-state index contributed by atoms with van der Waals surface area (Å²) < 4.78 is 0. The molecule has 0 aliphatic heterocycles. The van der Waals surface area contributed by atoms with Gasteiger partial charge in [-0.05, 0) is 24.1 Å². The second-order valence-corrected chi connectivity index (χ2v) is 4.35. The van der Waals surface area contributed by atoms with Gasteiger partial charge >= 0.3 is 0 Å². The quantitative estimate of drug-likeness (QED) is 0.814. The van der Waals surface area contributed by atoms with Gasteiger partial charge in [0.25, 0.3) is 0 Å². The Morgan fingerprint density at radius 1 is 1.00 bits per heavy atom. The molecule has 2 nitrogen and oxygen atoms in total. The van der Waals surface area contributed by atoms with Gasteiger partial charge in [0, 0.05) is 13.6 Å². The van der Waals surface area contributed by atoms with E-state index >= 15 is 0 Å². The Bertz CT molecular complexity index is 471. The standard InChI is InChI=1S/C15H18N2/c1-12-7-6-10-14(16)15(12)17(2)11-13-8-4-3-5-9-13/h3-10H,11,16H2,1-2H3. The summed E-state index contributed by atoms with van der Waals surface area (Å²) in [4.78, 5) is 2.19. The summed E-state index contributed by atoms with van der Waals surface area (Å²) in [7, 11) is 2.08. The molecule has 0 saturated carbocycles. The number of benzene rings is 2. The number of hydrogen-bond acceptors (Lipinski definition) is 2. The maximum absolute atomic E-state index is 6.03. The molecule has 2 aromatic rings. The Morgan fingerprint density at radius 2 is 1.71 bits per heavy atom. The number of anilines is 2. The van der Waals surface area contributed by atoms with Crippen molar-refractivity contribution >= 4 is 11.4 Å². The van der Waals surface area contributed by atoms with Gasteiger partial charge in [-0.3, -0.25) is 0 Å². The highest BCUT2D eigenvalue weighted by atomic mass is 15.1. The number of rotatable bonds is 3. The fraction of sp³-hybridized carbons (Fsp3) is 0.200. The van der Waals surface area contributed by atoms with Crippen molar-refractivity contribution in [1.29, 1.82) is 0 Å². The minimum Gasteiger partial charge on any atom is -0.397 e. The van der Waals surface area contributed by atoms with Crippen LogP contribution in [0.4, 0.5) is 11.4 Å². The van der Waals surface area contributed by atoms with E-state index in [-0.39, 0.29) is 0 Å². The molecule has 2 rings (SSSR count). The van der Waals surface area contributed by atoms with Crippen LogP contribution in [-0.4, -0.2) is 7.05 Å². The first kappa shape index (κ1) is 11.5. The van der Waals surface area contributed by atoms with Gasteiger partial charge in [0.1, 0.15) is 0 Å². The molecule has 2 heteroatoms. The first-order valence-electron chi connectivity index (χ1n) is 5.78. The first-order valence-corrected chi connectivity index (χ1v) is 5.78. The summed E-state index contributed by atoms with van der Waals surface area (Å²) in [6, 6.07) is 16.4. The average Bonchev–Trinajstić information content (AvgIpc) is 2.30. The number of hydrogen-bond donors (Lipinski definition) is 1. The van der Waals surface area contributed by atoms with Crippen LogP contribution in [0.25, 0.3) is 0 Å². The SMILES string of the molecule is Cc1cccc(N)c1N(C)Cc1ccccc1. The van der Waals surface area contributed by atoms with Crippen molar-refractivity contribution in [3.8, 4) is 0 Å². The lowest BCUT2D eigenvalue weighted by atomic mass is 10.1. The minimum absolute atomic E-state index is 0.837. The van der Waals surface area contributed by atoms with Crippen LogP contribution in [-0.2, 0) is 6.54 Å². The number of nitrogen functional groups attached to an aromatic ring is 1. The molecule has 0 spiro atoms. The Morgan fingerprint density at radius 3 is 2.35 bits per heavy atom. The van der Waals surface area contributed by atoms with E-state index in [2.05, 4.69) is 49.2 Å². The normalized spacial score (nSPS) is 10.2. The molecule has 0 aliphatic rings. The molecule has 0 radical (unpaired) electrons. The zero-order valence-corrected chi connectivity index (χ0v) is 10.4. The fourth-order valence-corrected chi connectivity index (χ4v) is 2.14. The van der Waals surface area contributed by atoms with E-state index in [4.69, 9.17) is 5.73 Å². The van der Waals surface area contributed by atoms with Crippen molar-refractivity contribution in [2.24, 2.45) is 0 Å². The van der Waals surface area contributed by atoms with Crippen LogP contribution in [0.1, 0.15) is 11.1 Å². The largest absolute Gasteiger partial charge is 0.397 e. The molecule has 0 aliphatic carbocycles. The van der Waals surface area contributed by atoms with E-state index in [1.165, 1.54) is 11.1 Å². The number of aryl methyl sites for hydroxylation is 1. The molecule has 2 aromatic carbocycles. The van der Waals surface area contributed by atoms with Crippen LogP contribution >= 0.6 is 0 Å². The minimum atomic E-state index is 0.837. The maximum Gasteiger partial charge on any atom is 0.0630 e. The summed E-state index contributed by atoms with van der Waals surface area (Å²) in [6.45, 7) is 2.96. The van der Waals surface area contributed by atoms with Crippen molar-refractivity contribution in [2.75, 3.05) is 17.7 Å². The van der Waals surface area contributed by atoms with Crippen molar-refractivity contribution in [1.82, 2.24) is 0 Å². The molecular weight excluding hydrogens is 208 g/mol. The third-order valence-corrected chi connectivity index (χ3v) is 2.91. The van der Waals surface area contributed by atoms with Gasteiger partial charge in [0.15, 0.2) is 0 Å². The van der Waals surface area contributed by atoms with Gasteiger partial charge in [-0.25, -0.2) is 0 Å². The van der Waals surface area contributed by atoms with Crippen molar-refractivity contribution in [3.63, 3.8) is 0 Å². The van der Waals surface area contributed by atoms with Gasteiger partial charge in [-0.15, -0.1) is 0 Å². The Kier molecular flexibility index (Phi) is 3.33. The third kappa shape index (κ3) is 2.59. The summed E-state index contributed by atoms with van der Waals surface area (Å²) in [5.41, 5.74) is 10.5. The van der Waals surface area contributed by atoms with Gasteiger partial charge in [0.2, 0.25) is 0 Å². The number of para-hydroxylation sites is 1. The zero-order chi connectivity index (χ0) is 12.3. The molecule has 0 bridgehead atoms. The van der Waals surface area contributed by atoms with Crippen molar-refractivity contribution < 1.29 is 0 Å². The van der Waals surface area contributed by atoms with Crippen molar-refractivity contribution in [3.05, 3.63) is 59.7 Å². The highest BCUT2D eigenvalue weighted by molar-refractivity contribution is 5.71. The molecule has 88 valence electrons. The highest BCUT2D eigenvalue weighted by Crippen LogP contribution is 2.27. The zero-order valence-electron chi connectivity index (χ0n) is 10.4. The van der Waals surface area contributed by atoms with E-state index < -0.39 is 0 Å². The van der Waals surface area contributed by atoms with Crippen LogP contribution in [0.3, 0.4) is 0 Å². The molecule has 0 heterocycles. The molecule has 0 aromatic heterocycles. The van der Waals surface area contributed by atoms with Gasteiger partial charge in [-0.2, -0.15) is 0 Å². The van der Waals surface area contributed by atoms with E-state index in [9.17, 15) is 0 Å². The molecule has 0 saturated heterocycles. The Hall–Kier alpha value is -1.96. The molecular formula is C15H18N2. The van der Waals surface area contributed by atoms with E-state index in [0.29, 0.717) is 0 Å². The molecule has 2 N–H and O–H groups in total. The number of nitrogens with two attached hydrogens (primary N) is 1. The molecule has 17 heavy (non-hydrogen) atoms. The third-order valence-electron chi connectivity index (χ3n) is 2.91.